The van der Waals surface area contributed by atoms with Crippen molar-refractivity contribution in [2.45, 2.75) is 259 Å². The summed E-state index contributed by atoms with van der Waals surface area (Å²) < 4.78 is 97.9. The Morgan fingerprint density at radius 1 is 0.190 bits per heavy atom. The Hall–Kier alpha value is -2.64. The largest absolute Gasteiger partial charge is 1.00 e. The third kappa shape index (κ3) is 16.7. The van der Waals surface area contributed by atoms with Gasteiger partial charge in [0, 0.05) is 24.3 Å². The lowest BCUT2D eigenvalue weighted by Gasteiger charge is -2.50. The van der Waals surface area contributed by atoms with Gasteiger partial charge in [0.1, 0.15) is 195 Å². The van der Waals surface area contributed by atoms with Crippen LogP contribution in [-0.2, 0) is 88.9 Å². The van der Waals surface area contributed by atoms with E-state index in [1.165, 1.54) is 0 Å². The zero-order valence-electron chi connectivity index (χ0n) is 52.5. The molecule has 40 atom stereocenters. The van der Waals surface area contributed by atoms with Crippen molar-refractivity contribution in [3.63, 3.8) is 0 Å². The molecule has 2 aromatic heterocycles. The van der Waals surface area contributed by atoms with E-state index in [1.807, 2.05) is 0 Å². The van der Waals surface area contributed by atoms with Gasteiger partial charge in [-0.1, -0.05) is 12.1 Å². The van der Waals surface area contributed by atoms with E-state index in [1.54, 1.807) is 70.3 Å². The molecule has 2 aromatic rings. The molecule has 572 valence electrons. The van der Waals surface area contributed by atoms with Crippen LogP contribution >= 0.6 is 0 Å². The third-order valence-corrected chi connectivity index (χ3v) is 18.9. The topological polar surface area (TPSA) is 601 Å². The first-order chi connectivity index (χ1) is 46.9. The summed E-state index contributed by atoms with van der Waals surface area (Å²) in [5.74, 6) is 0. The molecule has 0 spiro atoms. The van der Waals surface area contributed by atoms with Gasteiger partial charge in [0.15, 0.2) is 88.2 Å². The molecule has 0 radical (unpaired) electrons. The second kappa shape index (κ2) is 35.4. The van der Waals surface area contributed by atoms with Crippen molar-refractivity contribution >= 4 is 0 Å². The zero-order valence-corrected chi connectivity index (χ0v) is 54.1. The molecule has 100 heavy (non-hydrogen) atoms. The smallest absolute Gasteiger partial charge is 0.187 e. The van der Waals surface area contributed by atoms with Gasteiger partial charge in [-0.3, -0.25) is 0 Å². The van der Waals surface area contributed by atoms with Crippen molar-refractivity contribution in [3.8, 4) is 0 Å². The molecular formula is C58H88Cl2N2O38. The number of ether oxygens (including phenoxy) is 16. The maximum absolute atomic E-state index is 12.1. The zero-order chi connectivity index (χ0) is 70.3. The maximum Gasteiger partial charge on any atom is 0.187 e. The Morgan fingerprint density at radius 2 is 0.330 bits per heavy atom. The van der Waals surface area contributed by atoms with Gasteiger partial charge in [-0.05, 0) is 0 Å². The van der Waals surface area contributed by atoms with Crippen molar-refractivity contribution in [1.82, 2.24) is 0 Å². The summed E-state index contributed by atoms with van der Waals surface area (Å²) in [5.41, 5.74) is 0. The van der Waals surface area contributed by atoms with Crippen LogP contribution in [0.25, 0.3) is 0 Å². The van der Waals surface area contributed by atoms with Crippen LogP contribution in [-0.4, -0.2) is 398 Å². The predicted molar refractivity (Wildman–Crippen MR) is 300 cm³/mol. The Balaban J connectivity index is 0.00000583. The monoisotopic (exact) mass is 1490 g/mol. The number of pyridine rings is 2. The first kappa shape index (κ1) is 81.4. The summed E-state index contributed by atoms with van der Waals surface area (Å²) >= 11 is 0. The van der Waals surface area contributed by atoms with Gasteiger partial charge in [-0.2, -0.15) is 0 Å². The molecule has 40 nitrogen and oxygen atoms in total. The van der Waals surface area contributed by atoms with E-state index in [0.717, 1.165) is 0 Å². The lowest BCUT2D eigenvalue weighted by atomic mass is 9.94. The molecule has 22 N–H and O–H groups in total. The van der Waals surface area contributed by atoms with Crippen molar-refractivity contribution in [2.24, 2.45) is 0 Å². The minimum Gasteiger partial charge on any atom is -1.00 e. The molecule has 0 unspecified atom stereocenters. The summed E-state index contributed by atoms with van der Waals surface area (Å²) in [6, 6.07) is 9.88. The van der Waals surface area contributed by atoms with E-state index < -0.39 is 285 Å². The Morgan fingerprint density at radius 3 is 0.480 bits per heavy atom. The number of aliphatic hydroxyl groups is 22. The molecule has 30 aliphatic heterocycles. The fourth-order valence-corrected chi connectivity index (χ4v) is 13.4. The standard InChI is InChI=1S/C58H88N2O38.2ClH/c61-13-21-45-30(70)38(78)54(86-21)95-47-23(15-63)88-56(40(80)32(47)72)97-49-25(17-65)90-58(42(82)34(49)74)98-50-26(18-66)89-57(41(81)33(50)73)96-48-24(16-64)87-55(39(79)31(48)71)94-46-22(14-62)85-53(37(77)29(46)69)92-44-20(12-60-9-5-2-6-10-60)83-51(35(75)27(44)67)91-43-19(11-59-7-3-1-4-8-59)84-52(93-45)36(76)28(43)68;;/h1-10,19-58,61-82H,11-18H2;2*1H/q+2;;/p-2/t19-,20+,21-,22+,23-,24-,25-,26-,27-,28-,29-,30+,31-,32+,33-,34-,35-,36+,37-,38-,39-,40+,41-,42-,43-,44-,45-,46-,47-,48-,49-,50-,51-,52-,53-,54-,55-,56-,57-,58-;;/m1../s1. The molecule has 0 aromatic carbocycles. The number of halogens is 2. The summed E-state index contributed by atoms with van der Waals surface area (Å²) in [7, 11) is 0. The number of aromatic nitrogens is 2. The quantitative estimate of drug-likeness (QED) is 0.0982. The lowest BCUT2D eigenvalue weighted by molar-refractivity contribution is -0.709. The first-order valence-corrected chi connectivity index (χ1v) is 31.8. The number of rotatable bonds is 10. The minimum atomic E-state index is -2.24. The third-order valence-electron chi connectivity index (χ3n) is 18.9. The van der Waals surface area contributed by atoms with Crippen molar-refractivity contribution in [3.05, 3.63) is 61.2 Å². The number of nitrogens with zero attached hydrogens (tertiary/aromatic N) is 2. The Bertz CT molecular complexity index is 2730. The first-order valence-electron chi connectivity index (χ1n) is 31.8. The molecule has 0 aliphatic carbocycles. The van der Waals surface area contributed by atoms with E-state index in [9.17, 15) is 112 Å². The van der Waals surface area contributed by atoms with E-state index in [-0.39, 0.29) is 37.9 Å². The molecule has 0 saturated carbocycles. The number of hydrogen-bond acceptors (Lipinski definition) is 38. The molecule has 16 bridgehead atoms. The molecule has 30 aliphatic rings. The molecular weight excluding hydrogens is 1400 g/mol. The van der Waals surface area contributed by atoms with E-state index in [2.05, 4.69) is 0 Å². The molecule has 30 fully saturated rings. The van der Waals surface area contributed by atoms with Crippen LogP contribution in [0.4, 0.5) is 0 Å². The minimum absolute atomic E-state index is 0. The van der Waals surface area contributed by atoms with Gasteiger partial charge in [0.25, 0.3) is 0 Å². The average Bonchev–Trinajstić information content (AvgIpc) is 0.776. The van der Waals surface area contributed by atoms with Gasteiger partial charge in [-0.15, -0.1) is 0 Å². The fraction of sp³-hybridized carbons (Fsp3) is 0.828. The highest BCUT2D eigenvalue weighted by molar-refractivity contribution is 5.03. The van der Waals surface area contributed by atoms with Gasteiger partial charge < -0.3 is 213 Å². The van der Waals surface area contributed by atoms with Gasteiger partial charge >= 0.3 is 0 Å². The summed E-state index contributed by atoms with van der Waals surface area (Å²) in [6.07, 6.45) is -73.5. The second-order valence-corrected chi connectivity index (χ2v) is 25.2. The van der Waals surface area contributed by atoms with E-state index in [4.69, 9.17) is 75.8 Å². The number of aliphatic hydroxyl groups excluding tert-OH is 22. The van der Waals surface area contributed by atoms with Gasteiger partial charge in [-0.25, -0.2) is 9.13 Å². The number of hydrogen-bond donors (Lipinski definition) is 22. The van der Waals surface area contributed by atoms with Crippen molar-refractivity contribution < 1.29 is 222 Å². The summed E-state index contributed by atoms with van der Waals surface area (Å²) in [5, 5.41) is 250. The van der Waals surface area contributed by atoms with Crippen LogP contribution in [0.5, 0.6) is 0 Å². The fourth-order valence-electron chi connectivity index (χ4n) is 13.4. The molecule has 32 heterocycles. The summed E-state index contributed by atoms with van der Waals surface area (Å²) in [6.45, 7) is -6.85. The molecule has 30 saturated heterocycles. The van der Waals surface area contributed by atoms with Crippen molar-refractivity contribution in [2.75, 3.05) is 39.6 Å². The SMILES string of the molecule is OC[C@@H]1O[C@@H]2O[C@H]3[C@H](O)[C@@H](O)[C@@H](O[C@H]4[C@H](O)[C@H](O)[C@@H](O[C@H]5[C@@H](O)[C@@H](O)[C@@H](O[C@H]6[C@@H](O)[C@H](O)[C@@H](O[C@H]7[C@H](O)[C@@H](O)[C@@H](O[C@H]8[C@H](O)[C@@H](O)[C@@H](O[C@H]9[C@H](O)[C@@H](O)[C@@H](O[C@H]1[C@H](O)[C@H]2O)O[C@@H]9CO)O[C@@H]8CO)O[C@@H]7CO)O[C@@H]6CO)O[C@@H]5CO)O[C@@H]4C[n+]1ccccc1)O[C@H]3C[n+]1ccccc1.[Cl-].[Cl-]. The van der Waals surface area contributed by atoms with E-state index in [0.29, 0.717) is 0 Å². The Labute approximate surface area is 579 Å². The lowest BCUT2D eigenvalue weighted by Crippen LogP contribution is -3.00. The van der Waals surface area contributed by atoms with Crippen LogP contribution in [0.3, 0.4) is 0 Å². The van der Waals surface area contributed by atoms with Gasteiger partial charge in [0.2, 0.25) is 0 Å². The van der Waals surface area contributed by atoms with Crippen LogP contribution in [0.1, 0.15) is 0 Å². The van der Waals surface area contributed by atoms with Crippen LogP contribution < -0.4 is 33.9 Å². The normalized spacial score (nSPS) is 49.8. The molecule has 42 heteroatoms. The van der Waals surface area contributed by atoms with Crippen LogP contribution in [0.15, 0.2) is 61.2 Å². The second-order valence-electron chi connectivity index (χ2n) is 25.2. The van der Waals surface area contributed by atoms with E-state index >= 15 is 0 Å². The predicted octanol–water partition coefficient (Wildman–Crippen LogP) is -21.4. The van der Waals surface area contributed by atoms with Crippen LogP contribution in [0.2, 0.25) is 0 Å². The van der Waals surface area contributed by atoms with Gasteiger partial charge in [0.05, 0.1) is 39.6 Å². The highest BCUT2D eigenvalue weighted by atomic mass is 35.5. The summed E-state index contributed by atoms with van der Waals surface area (Å²) in [4.78, 5) is 0. The van der Waals surface area contributed by atoms with Crippen molar-refractivity contribution in [1.29, 1.82) is 0 Å². The molecule has 32 rings (SSSR count). The van der Waals surface area contributed by atoms with Crippen LogP contribution in [0, 0.1) is 0 Å². The Kier molecular flexibility index (Phi) is 28.8. The average molecular weight is 1490 g/mol. The highest BCUT2D eigenvalue weighted by Gasteiger charge is 2.61. The maximum atomic E-state index is 12.1. The molecule has 0 amide bonds. The highest BCUT2D eigenvalue weighted by Crippen LogP contribution is 2.40.